The molecule has 3 aromatic carbocycles. The quantitative estimate of drug-likeness (QED) is 0.607. The van der Waals surface area contributed by atoms with Crippen molar-refractivity contribution in [1.29, 1.82) is 0 Å². The molecule has 0 unspecified atom stereocenters. The average molecular weight is 448 g/mol. The van der Waals surface area contributed by atoms with Crippen molar-refractivity contribution in [2.75, 3.05) is 26.2 Å². The van der Waals surface area contributed by atoms with Crippen LogP contribution in [0.5, 0.6) is 11.5 Å². The van der Waals surface area contributed by atoms with Gasteiger partial charge in [0, 0.05) is 32.3 Å². The van der Waals surface area contributed by atoms with Gasteiger partial charge in [-0.1, -0.05) is 18.2 Å². The summed E-state index contributed by atoms with van der Waals surface area (Å²) in [6.45, 7) is 0.181. The van der Waals surface area contributed by atoms with Gasteiger partial charge in [-0.05, 0) is 66.4 Å². The third kappa shape index (κ3) is 3.80. The van der Waals surface area contributed by atoms with Crippen LogP contribution in [0.3, 0.4) is 0 Å². The first kappa shape index (κ1) is 21.0. The lowest BCUT2D eigenvalue weighted by Crippen LogP contribution is -2.27. The molecule has 1 heterocycles. The van der Waals surface area contributed by atoms with Crippen molar-refractivity contribution in [1.82, 2.24) is 4.90 Å². The molecule has 7 heteroatoms. The standard InChI is InChI=1S/C26H23FN2O4.H2/c1-29(2)24(30)17-5-3-16(4-6-17)20-14-19(8-9-21(20)27)28-25(31)26(11-12-26)18-7-10-22-23(13-18)33-15-32-22;/h3-10,13-14H,11-12,15H2,1-2H3,(H,28,31);1H. The lowest BCUT2D eigenvalue weighted by Gasteiger charge is -2.17. The lowest BCUT2D eigenvalue weighted by molar-refractivity contribution is -0.118. The van der Waals surface area contributed by atoms with Crippen molar-refractivity contribution in [3.63, 3.8) is 0 Å². The average Bonchev–Trinajstić information content (AvgIpc) is 3.50. The normalized spacial score (nSPS) is 15.1. The van der Waals surface area contributed by atoms with Crippen molar-refractivity contribution in [2.24, 2.45) is 0 Å². The monoisotopic (exact) mass is 448 g/mol. The highest BCUT2D eigenvalue weighted by Crippen LogP contribution is 2.51. The van der Waals surface area contributed by atoms with Crippen molar-refractivity contribution in [2.45, 2.75) is 18.3 Å². The van der Waals surface area contributed by atoms with E-state index in [0.717, 1.165) is 18.4 Å². The lowest BCUT2D eigenvalue weighted by atomic mass is 9.94. The number of benzene rings is 3. The van der Waals surface area contributed by atoms with Crippen molar-refractivity contribution >= 4 is 17.5 Å². The summed E-state index contributed by atoms with van der Waals surface area (Å²) in [6.07, 6.45) is 1.46. The zero-order chi connectivity index (χ0) is 23.2. The van der Waals surface area contributed by atoms with Crippen LogP contribution < -0.4 is 14.8 Å². The fourth-order valence-electron chi connectivity index (χ4n) is 4.09. The minimum Gasteiger partial charge on any atom is -0.454 e. The second kappa shape index (κ2) is 7.92. The molecule has 6 nitrogen and oxygen atoms in total. The van der Waals surface area contributed by atoms with Gasteiger partial charge in [-0.3, -0.25) is 9.59 Å². The van der Waals surface area contributed by atoms with Crippen LogP contribution in [0.1, 0.15) is 30.2 Å². The Kier molecular flexibility index (Phi) is 5.04. The molecule has 0 radical (unpaired) electrons. The van der Waals surface area contributed by atoms with E-state index < -0.39 is 11.2 Å². The number of fused-ring (bicyclic) bond motifs is 1. The van der Waals surface area contributed by atoms with Crippen LogP contribution in [0.25, 0.3) is 11.1 Å². The largest absolute Gasteiger partial charge is 0.454 e. The van der Waals surface area contributed by atoms with Gasteiger partial charge in [-0.2, -0.15) is 0 Å². The van der Waals surface area contributed by atoms with Crippen LogP contribution >= 0.6 is 0 Å². The summed E-state index contributed by atoms with van der Waals surface area (Å²) >= 11 is 0. The van der Waals surface area contributed by atoms with Gasteiger partial charge in [0.1, 0.15) is 5.82 Å². The summed E-state index contributed by atoms with van der Waals surface area (Å²) in [5, 5.41) is 2.95. The van der Waals surface area contributed by atoms with E-state index in [1.807, 2.05) is 18.2 Å². The summed E-state index contributed by atoms with van der Waals surface area (Å²) in [6, 6.07) is 16.8. The van der Waals surface area contributed by atoms with E-state index >= 15 is 0 Å². The first-order chi connectivity index (χ1) is 15.9. The summed E-state index contributed by atoms with van der Waals surface area (Å²) < 4.78 is 25.4. The number of rotatable bonds is 5. The Hall–Kier alpha value is -3.87. The molecule has 0 saturated heterocycles. The number of nitrogens with one attached hydrogen (secondary N) is 1. The van der Waals surface area contributed by atoms with E-state index in [-0.39, 0.29) is 20.0 Å². The zero-order valence-corrected chi connectivity index (χ0v) is 18.4. The molecule has 1 fully saturated rings. The number of anilines is 1. The number of hydrogen-bond acceptors (Lipinski definition) is 4. The Bertz CT molecular complexity index is 1260. The Balaban J connectivity index is 0.00000274. The van der Waals surface area contributed by atoms with Gasteiger partial charge < -0.3 is 19.7 Å². The molecular formula is C26H25FN2O4. The molecule has 0 bridgehead atoms. The number of ether oxygens (including phenoxy) is 2. The Morgan fingerprint density at radius 2 is 1.70 bits per heavy atom. The van der Waals surface area contributed by atoms with E-state index in [1.165, 1.54) is 11.0 Å². The minimum absolute atomic E-state index is 0. The molecule has 0 aromatic heterocycles. The van der Waals surface area contributed by atoms with E-state index in [2.05, 4.69) is 5.32 Å². The van der Waals surface area contributed by atoms with E-state index in [1.54, 1.807) is 50.5 Å². The molecule has 3 aromatic rings. The highest BCUT2D eigenvalue weighted by molar-refractivity contribution is 6.02. The fourth-order valence-corrected chi connectivity index (χ4v) is 4.09. The van der Waals surface area contributed by atoms with Gasteiger partial charge in [0.25, 0.3) is 5.91 Å². The summed E-state index contributed by atoms with van der Waals surface area (Å²) in [5.41, 5.74) is 2.27. The molecule has 170 valence electrons. The summed E-state index contributed by atoms with van der Waals surface area (Å²) in [5.74, 6) is 0.659. The number of amides is 2. The molecule has 2 aliphatic rings. The number of hydrogen-bond donors (Lipinski definition) is 1. The fraction of sp³-hybridized carbons (Fsp3) is 0.231. The third-order valence-corrected chi connectivity index (χ3v) is 6.18. The van der Waals surface area contributed by atoms with Gasteiger partial charge >= 0.3 is 0 Å². The summed E-state index contributed by atoms with van der Waals surface area (Å²) in [4.78, 5) is 26.8. The zero-order valence-electron chi connectivity index (χ0n) is 18.4. The van der Waals surface area contributed by atoms with Gasteiger partial charge in [-0.25, -0.2) is 4.39 Å². The van der Waals surface area contributed by atoms with E-state index in [0.29, 0.717) is 33.9 Å². The van der Waals surface area contributed by atoms with Crippen LogP contribution in [0.2, 0.25) is 0 Å². The summed E-state index contributed by atoms with van der Waals surface area (Å²) in [7, 11) is 3.36. The van der Waals surface area contributed by atoms with Crippen molar-refractivity contribution in [3.8, 4) is 22.6 Å². The van der Waals surface area contributed by atoms with Crippen molar-refractivity contribution < 1.29 is 24.9 Å². The predicted octanol–water partition coefficient (Wildman–Crippen LogP) is 4.84. The van der Waals surface area contributed by atoms with Gasteiger partial charge in [0.2, 0.25) is 12.7 Å². The molecule has 0 spiro atoms. The number of carbonyl (C=O) groups excluding carboxylic acids is 2. The smallest absolute Gasteiger partial charge is 0.253 e. The Morgan fingerprint density at radius 3 is 2.39 bits per heavy atom. The second-order valence-electron chi connectivity index (χ2n) is 8.58. The maximum absolute atomic E-state index is 14.6. The molecule has 0 atom stereocenters. The molecule has 1 saturated carbocycles. The van der Waals surface area contributed by atoms with Gasteiger partial charge in [-0.15, -0.1) is 0 Å². The van der Waals surface area contributed by atoms with Crippen molar-refractivity contribution in [3.05, 3.63) is 77.6 Å². The van der Waals surface area contributed by atoms with Crippen LogP contribution in [0.15, 0.2) is 60.7 Å². The highest BCUT2D eigenvalue weighted by Gasteiger charge is 2.51. The number of carbonyl (C=O) groups is 2. The maximum Gasteiger partial charge on any atom is 0.253 e. The SMILES string of the molecule is CN(C)C(=O)c1ccc(-c2cc(NC(=O)C3(c4ccc5c(c4)OCO5)CC3)ccc2F)cc1.[HH]. The molecular weight excluding hydrogens is 423 g/mol. The molecule has 2 amide bonds. The number of halogens is 1. The predicted molar refractivity (Wildman–Crippen MR) is 124 cm³/mol. The first-order valence-electron chi connectivity index (χ1n) is 10.7. The topological polar surface area (TPSA) is 67.9 Å². The van der Waals surface area contributed by atoms with E-state index in [4.69, 9.17) is 9.47 Å². The third-order valence-electron chi connectivity index (χ3n) is 6.18. The number of nitrogens with zero attached hydrogens (tertiary/aromatic N) is 1. The first-order valence-corrected chi connectivity index (χ1v) is 10.7. The molecule has 5 rings (SSSR count). The van der Waals surface area contributed by atoms with Crippen LogP contribution in [0, 0.1) is 5.82 Å². The van der Waals surface area contributed by atoms with E-state index in [9.17, 15) is 14.0 Å². The Morgan fingerprint density at radius 1 is 0.970 bits per heavy atom. The van der Waals surface area contributed by atoms with Crippen LogP contribution in [-0.4, -0.2) is 37.6 Å². The highest BCUT2D eigenvalue weighted by atomic mass is 19.1. The van der Waals surface area contributed by atoms with Crippen LogP contribution in [-0.2, 0) is 10.2 Å². The minimum atomic E-state index is -0.621. The molecule has 33 heavy (non-hydrogen) atoms. The molecule has 1 aliphatic carbocycles. The Labute approximate surface area is 192 Å². The van der Waals surface area contributed by atoms with Crippen LogP contribution in [0.4, 0.5) is 10.1 Å². The second-order valence-corrected chi connectivity index (χ2v) is 8.58. The van der Waals surface area contributed by atoms with Gasteiger partial charge in [0.15, 0.2) is 11.5 Å². The maximum atomic E-state index is 14.6. The molecule has 1 N–H and O–H groups in total. The molecule has 1 aliphatic heterocycles. The van der Waals surface area contributed by atoms with Gasteiger partial charge in [0.05, 0.1) is 5.41 Å².